The number of unbranched alkanes of at least 4 members (excludes halogenated alkanes) is 1. The van der Waals surface area contributed by atoms with Crippen LogP contribution in [0.4, 0.5) is 5.69 Å². The Morgan fingerprint density at radius 2 is 2.04 bits per heavy atom. The van der Waals surface area contributed by atoms with E-state index in [9.17, 15) is 0 Å². The number of hydrogen-bond acceptors (Lipinski definition) is 4. The van der Waals surface area contributed by atoms with Crippen LogP contribution < -0.4 is 20.1 Å². The summed E-state index contributed by atoms with van der Waals surface area (Å²) in [5.74, 6) is 3.26. The molecule has 0 aliphatic heterocycles. The third-order valence-electron chi connectivity index (χ3n) is 4.07. The molecule has 2 rings (SSSR count). The number of anilines is 1. The SMILES string of the molecule is CCNC(=NCCCCn1ccnc1C)Nc1ccc(OCC)c(OC)c1.I. The average molecular weight is 501 g/mol. The van der Waals surface area contributed by atoms with Crippen LogP contribution in [0.1, 0.15) is 32.5 Å². The van der Waals surface area contributed by atoms with Gasteiger partial charge in [0.05, 0.1) is 13.7 Å². The second-order valence-corrected chi connectivity index (χ2v) is 6.06. The first-order valence-electron chi connectivity index (χ1n) is 9.51. The summed E-state index contributed by atoms with van der Waals surface area (Å²) >= 11 is 0. The maximum Gasteiger partial charge on any atom is 0.195 e. The van der Waals surface area contributed by atoms with E-state index < -0.39 is 0 Å². The van der Waals surface area contributed by atoms with Gasteiger partial charge in [0.1, 0.15) is 5.82 Å². The molecule has 0 radical (unpaired) electrons. The Morgan fingerprint density at radius 1 is 1.21 bits per heavy atom. The molecule has 0 bridgehead atoms. The van der Waals surface area contributed by atoms with Crippen LogP contribution in [0.15, 0.2) is 35.6 Å². The van der Waals surface area contributed by atoms with Crippen molar-refractivity contribution in [1.82, 2.24) is 14.9 Å². The molecule has 1 aromatic heterocycles. The summed E-state index contributed by atoms with van der Waals surface area (Å²) < 4.78 is 13.1. The van der Waals surface area contributed by atoms with E-state index in [1.54, 1.807) is 7.11 Å². The van der Waals surface area contributed by atoms with Crippen molar-refractivity contribution in [3.63, 3.8) is 0 Å². The molecule has 0 unspecified atom stereocenters. The highest BCUT2D eigenvalue weighted by atomic mass is 127. The summed E-state index contributed by atoms with van der Waals surface area (Å²) in [5, 5.41) is 6.60. The lowest BCUT2D eigenvalue weighted by Crippen LogP contribution is -2.30. The Bertz CT molecular complexity index is 733. The first kappa shape index (κ1) is 24.1. The smallest absolute Gasteiger partial charge is 0.195 e. The van der Waals surface area contributed by atoms with Crippen molar-refractivity contribution < 1.29 is 9.47 Å². The molecule has 0 saturated heterocycles. The zero-order valence-electron chi connectivity index (χ0n) is 17.2. The first-order chi connectivity index (χ1) is 13.2. The molecule has 1 heterocycles. The van der Waals surface area contributed by atoms with Gasteiger partial charge in [0.15, 0.2) is 17.5 Å². The maximum atomic E-state index is 5.56. The van der Waals surface area contributed by atoms with Crippen LogP contribution in [0.2, 0.25) is 0 Å². The minimum absolute atomic E-state index is 0. The van der Waals surface area contributed by atoms with Crippen LogP contribution in [-0.2, 0) is 6.54 Å². The number of rotatable bonds is 10. The van der Waals surface area contributed by atoms with Gasteiger partial charge in [0.2, 0.25) is 0 Å². The topological polar surface area (TPSA) is 72.7 Å². The summed E-state index contributed by atoms with van der Waals surface area (Å²) in [6.07, 6.45) is 5.94. The van der Waals surface area contributed by atoms with Crippen LogP contribution in [0.5, 0.6) is 11.5 Å². The number of hydrogen-bond donors (Lipinski definition) is 2. The Balaban J connectivity index is 0.00000392. The number of nitrogens with one attached hydrogen (secondary N) is 2. The number of aliphatic imine (C=N–C) groups is 1. The van der Waals surface area contributed by atoms with E-state index in [4.69, 9.17) is 9.47 Å². The molecule has 8 heteroatoms. The number of aryl methyl sites for hydroxylation is 2. The molecule has 0 aliphatic carbocycles. The summed E-state index contributed by atoms with van der Waals surface area (Å²) in [4.78, 5) is 8.90. The van der Waals surface area contributed by atoms with Gasteiger partial charge >= 0.3 is 0 Å². The highest BCUT2D eigenvalue weighted by Gasteiger charge is 2.07. The molecule has 0 amide bonds. The van der Waals surface area contributed by atoms with Gasteiger partial charge in [0, 0.05) is 43.8 Å². The van der Waals surface area contributed by atoms with Gasteiger partial charge in [-0.25, -0.2) is 4.98 Å². The highest BCUT2D eigenvalue weighted by Crippen LogP contribution is 2.30. The van der Waals surface area contributed by atoms with Gasteiger partial charge in [-0.15, -0.1) is 24.0 Å². The first-order valence-corrected chi connectivity index (χ1v) is 9.51. The van der Waals surface area contributed by atoms with E-state index in [-0.39, 0.29) is 24.0 Å². The molecule has 156 valence electrons. The Kier molecular flexibility index (Phi) is 11.4. The number of guanidine groups is 1. The molecule has 28 heavy (non-hydrogen) atoms. The minimum Gasteiger partial charge on any atom is -0.493 e. The van der Waals surface area contributed by atoms with Gasteiger partial charge in [-0.1, -0.05) is 0 Å². The predicted molar refractivity (Wildman–Crippen MR) is 125 cm³/mol. The van der Waals surface area contributed by atoms with E-state index in [2.05, 4.69) is 32.1 Å². The largest absolute Gasteiger partial charge is 0.493 e. The van der Waals surface area contributed by atoms with Crippen molar-refractivity contribution in [2.24, 2.45) is 4.99 Å². The monoisotopic (exact) mass is 501 g/mol. The fraction of sp³-hybridized carbons (Fsp3) is 0.500. The van der Waals surface area contributed by atoms with E-state index in [1.165, 1.54) is 0 Å². The summed E-state index contributed by atoms with van der Waals surface area (Å²) in [7, 11) is 1.64. The lowest BCUT2D eigenvalue weighted by Gasteiger charge is -2.14. The molecule has 0 spiro atoms. The van der Waals surface area contributed by atoms with Crippen molar-refractivity contribution >= 4 is 35.6 Å². The van der Waals surface area contributed by atoms with Gasteiger partial charge in [-0.05, 0) is 45.7 Å². The second-order valence-electron chi connectivity index (χ2n) is 6.06. The molecule has 0 saturated carbocycles. The second kappa shape index (κ2) is 13.2. The fourth-order valence-electron chi connectivity index (χ4n) is 2.69. The van der Waals surface area contributed by atoms with E-state index in [0.29, 0.717) is 12.4 Å². The lowest BCUT2D eigenvalue weighted by atomic mass is 10.2. The van der Waals surface area contributed by atoms with Crippen LogP contribution in [0.3, 0.4) is 0 Å². The third-order valence-corrected chi connectivity index (χ3v) is 4.07. The molecule has 2 aromatic rings. The van der Waals surface area contributed by atoms with Crippen molar-refractivity contribution in [2.75, 3.05) is 32.1 Å². The summed E-state index contributed by atoms with van der Waals surface area (Å²) in [6.45, 7) is 9.17. The molecular formula is C20H32IN5O2. The molecule has 0 fully saturated rings. The number of ether oxygens (including phenoxy) is 2. The molecule has 1 aromatic carbocycles. The Morgan fingerprint density at radius 3 is 2.68 bits per heavy atom. The summed E-state index contributed by atoms with van der Waals surface area (Å²) in [6, 6.07) is 5.78. The molecule has 0 atom stereocenters. The van der Waals surface area contributed by atoms with Crippen LogP contribution >= 0.6 is 24.0 Å². The minimum atomic E-state index is 0. The Hall–Kier alpha value is -1.97. The number of methoxy groups -OCH3 is 1. The fourth-order valence-corrected chi connectivity index (χ4v) is 2.69. The van der Waals surface area contributed by atoms with Gasteiger partial charge in [0.25, 0.3) is 0 Å². The number of nitrogens with zero attached hydrogens (tertiary/aromatic N) is 3. The van der Waals surface area contributed by atoms with Crippen molar-refractivity contribution in [3.05, 3.63) is 36.4 Å². The Labute approximate surface area is 185 Å². The molecule has 7 nitrogen and oxygen atoms in total. The molecule has 0 aliphatic rings. The average Bonchev–Trinajstić information content (AvgIpc) is 3.07. The number of benzene rings is 1. The van der Waals surface area contributed by atoms with Crippen molar-refractivity contribution in [3.8, 4) is 11.5 Å². The van der Waals surface area contributed by atoms with E-state index in [1.807, 2.05) is 44.4 Å². The van der Waals surface area contributed by atoms with Gasteiger partial charge in [-0.3, -0.25) is 4.99 Å². The van der Waals surface area contributed by atoms with Gasteiger partial charge < -0.3 is 24.7 Å². The zero-order valence-corrected chi connectivity index (χ0v) is 19.5. The standard InChI is InChI=1S/C20H31N5O2.HI/c1-5-21-20(23-11-7-8-13-25-14-12-22-16(25)3)24-17-9-10-18(27-6-2)19(15-17)26-4;/h9-10,12,14-15H,5-8,11,13H2,1-4H3,(H2,21,23,24);1H. The zero-order chi connectivity index (χ0) is 19.5. The van der Waals surface area contributed by atoms with Crippen molar-refractivity contribution in [1.29, 1.82) is 0 Å². The van der Waals surface area contributed by atoms with Crippen LogP contribution in [0.25, 0.3) is 0 Å². The number of imidazole rings is 1. The summed E-state index contributed by atoms with van der Waals surface area (Å²) in [5.41, 5.74) is 0.907. The van der Waals surface area contributed by atoms with E-state index >= 15 is 0 Å². The predicted octanol–water partition coefficient (Wildman–Crippen LogP) is 4.07. The molecular weight excluding hydrogens is 469 g/mol. The lowest BCUT2D eigenvalue weighted by molar-refractivity contribution is 0.311. The normalized spacial score (nSPS) is 10.9. The van der Waals surface area contributed by atoms with Crippen molar-refractivity contribution in [2.45, 2.75) is 40.2 Å². The van der Waals surface area contributed by atoms with Crippen LogP contribution in [0, 0.1) is 6.92 Å². The maximum absolute atomic E-state index is 5.56. The van der Waals surface area contributed by atoms with Crippen LogP contribution in [-0.4, -0.2) is 42.3 Å². The van der Waals surface area contributed by atoms with Gasteiger partial charge in [-0.2, -0.15) is 0 Å². The number of aromatic nitrogens is 2. The number of halogens is 1. The van der Waals surface area contributed by atoms with E-state index in [0.717, 1.165) is 55.7 Å². The third kappa shape index (κ3) is 7.57. The quantitative estimate of drug-likeness (QED) is 0.222. The molecule has 2 N–H and O–H groups in total. The highest BCUT2D eigenvalue weighted by molar-refractivity contribution is 14.0.